The van der Waals surface area contributed by atoms with Crippen molar-refractivity contribution in [3.05, 3.63) is 53.1 Å². The van der Waals surface area contributed by atoms with Gasteiger partial charge in [-0.3, -0.25) is 4.31 Å². The largest absolute Gasteiger partial charge is 0.493 e. The maximum atomic E-state index is 14.0. The van der Waals surface area contributed by atoms with Gasteiger partial charge < -0.3 is 14.6 Å². The summed E-state index contributed by atoms with van der Waals surface area (Å²) in [4.78, 5) is 0.186. The van der Waals surface area contributed by atoms with Crippen molar-refractivity contribution in [1.29, 1.82) is 0 Å². The van der Waals surface area contributed by atoms with E-state index in [1.54, 1.807) is 22.5 Å². The van der Waals surface area contributed by atoms with Crippen LogP contribution in [0.2, 0.25) is 0 Å². The minimum Gasteiger partial charge on any atom is -0.493 e. The lowest BCUT2D eigenvalue weighted by Gasteiger charge is -2.38. The first kappa shape index (κ1) is 26.0. The molecule has 0 aliphatic carbocycles. The van der Waals surface area contributed by atoms with Gasteiger partial charge in [-0.1, -0.05) is 39.8 Å². The van der Waals surface area contributed by atoms with Crippen molar-refractivity contribution in [3.8, 4) is 5.75 Å². The maximum absolute atomic E-state index is 14.0. The molecule has 2 aromatic rings. The summed E-state index contributed by atoms with van der Waals surface area (Å²) in [6.07, 6.45) is 4.29. The van der Waals surface area contributed by atoms with E-state index in [2.05, 4.69) is 26.8 Å². The molecule has 2 aliphatic rings. The lowest BCUT2D eigenvalue weighted by atomic mass is 9.84. The van der Waals surface area contributed by atoms with Gasteiger partial charge in [0.1, 0.15) is 5.75 Å². The van der Waals surface area contributed by atoms with E-state index in [4.69, 9.17) is 9.47 Å². The fourth-order valence-corrected chi connectivity index (χ4v) is 6.86. The zero-order valence-electron chi connectivity index (χ0n) is 21.4. The number of aliphatic hydroxyl groups excluding tert-OH is 1. The van der Waals surface area contributed by atoms with Gasteiger partial charge in [0.15, 0.2) is 0 Å². The number of aliphatic hydroxyl groups is 1. The van der Waals surface area contributed by atoms with E-state index in [-0.39, 0.29) is 23.0 Å². The van der Waals surface area contributed by atoms with Crippen molar-refractivity contribution >= 4 is 15.7 Å². The molecule has 1 saturated heterocycles. The predicted molar refractivity (Wildman–Crippen MR) is 139 cm³/mol. The Labute approximate surface area is 210 Å². The van der Waals surface area contributed by atoms with E-state index in [0.29, 0.717) is 23.8 Å². The third-order valence-corrected chi connectivity index (χ3v) is 9.17. The first-order valence-electron chi connectivity index (χ1n) is 12.8. The Bertz CT molecular complexity index is 1130. The van der Waals surface area contributed by atoms with Gasteiger partial charge in [-0.25, -0.2) is 8.42 Å². The summed E-state index contributed by atoms with van der Waals surface area (Å²) in [6, 6.07) is 10.9. The summed E-state index contributed by atoms with van der Waals surface area (Å²) in [5.41, 5.74) is 3.53. The average molecular weight is 502 g/mol. The second-order valence-corrected chi connectivity index (χ2v) is 12.6. The molecule has 7 heteroatoms. The monoisotopic (exact) mass is 501 g/mol. The number of hydrogen-bond donors (Lipinski definition) is 1. The normalized spacial score (nSPS) is 19.5. The quantitative estimate of drug-likeness (QED) is 0.564. The molecule has 0 amide bonds. The summed E-state index contributed by atoms with van der Waals surface area (Å²) in [6.45, 7) is 10.3. The molecule has 0 bridgehead atoms. The van der Waals surface area contributed by atoms with Crippen LogP contribution in [0.25, 0.3) is 0 Å². The summed E-state index contributed by atoms with van der Waals surface area (Å²) in [5, 5.41) is 10.0. The topological polar surface area (TPSA) is 76.1 Å². The zero-order chi connectivity index (χ0) is 25.2. The summed E-state index contributed by atoms with van der Waals surface area (Å²) in [5.74, 6) is 0.950. The first-order valence-corrected chi connectivity index (χ1v) is 14.2. The number of anilines is 1. The lowest BCUT2D eigenvalue weighted by Crippen LogP contribution is -2.43. The second-order valence-electron chi connectivity index (χ2n) is 10.8. The molecule has 0 radical (unpaired) electrons. The van der Waals surface area contributed by atoms with E-state index in [0.717, 1.165) is 56.6 Å². The Balaban J connectivity index is 1.65. The van der Waals surface area contributed by atoms with Crippen molar-refractivity contribution in [2.24, 2.45) is 5.92 Å². The van der Waals surface area contributed by atoms with Gasteiger partial charge >= 0.3 is 0 Å². The molecule has 0 saturated carbocycles. The summed E-state index contributed by atoms with van der Waals surface area (Å²) >= 11 is 0. The first-order chi connectivity index (χ1) is 16.6. The van der Waals surface area contributed by atoms with Gasteiger partial charge in [-0.15, -0.1) is 0 Å². The van der Waals surface area contributed by atoms with Gasteiger partial charge in [0.05, 0.1) is 23.8 Å². The molecule has 2 heterocycles. The summed E-state index contributed by atoms with van der Waals surface area (Å²) in [7, 11) is -3.82. The van der Waals surface area contributed by atoms with Crippen molar-refractivity contribution < 1.29 is 23.0 Å². The number of nitrogens with zero attached hydrogens (tertiary/aromatic N) is 1. The van der Waals surface area contributed by atoms with Crippen LogP contribution in [0.1, 0.15) is 70.1 Å². The molecule has 4 rings (SSSR count). The van der Waals surface area contributed by atoms with E-state index in [9.17, 15) is 13.5 Å². The van der Waals surface area contributed by atoms with Crippen LogP contribution in [0.5, 0.6) is 5.75 Å². The fourth-order valence-electron chi connectivity index (χ4n) is 5.01. The van der Waals surface area contributed by atoms with Gasteiger partial charge in [-0.2, -0.15) is 0 Å². The highest BCUT2D eigenvalue weighted by molar-refractivity contribution is 7.92. The number of fused-ring (bicyclic) bond motifs is 1. The highest BCUT2D eigenvalue weighted by Crippen LogP contribution is 2.39. The third-order valence-electron chi connectivity index (χ3n) is 7.31. The molecule has 192 valence electrons. The molecule has 0 aromatic heterocycles. The zero-order valence-corrected chi connectivity index (χ0v) is 22.2. The minimum atomic E-state index is -3.82. The SMILES string of the molecule is CCC1CCc2cc(C(C)(C)C)ccc2N1S(=O)(=O)c1ccc(OCC2CCOCC2)c(CO)c1. The fraction of sp³-hybridized carbons (Fsp3) is 0.571. The van der Waals surface area contributed by atoms with E-state index in [1.165, 1.54) is 5.56 Å². The molecule has 6 nitrogen and oxygen atoms in total. The number of rotatable bonds is 7. The number of sulfonamides is 1. The van der Waals surface area contributed by atoms with Gasteiger partial charge in [0.25, 0.3) is 10.0 Å². The molecular formula is C28H39NO5S. The van der Waals surface area contributed by atoms with Crippen LogP contribution in [-0.2, 0) is 33.2 Å². The van der Waals surface area contributed by atoms with E-state index >= 15 is 0 Å². The molecule has 35 heavy (non-hydrogen) atoms. The van der Waals surface area contributed by atoms with Crippen LogP contribution in [-0.4, -0.2) is 39.4 Å². The average Bonchev–Trinajstić information content (AvgIpc) is 2.86. The van der Waals surface area contributed by atoms with Crippen molar-refractivity contribution in [3.63, 3.8) is 0 Å². The highest BCUT2D eigenvalue weighted by Gasteiger charge is 2.36. The molecule has 2 aromatic carbocycles. The Morgan fingerprint density at radius 1 is 1.09 bits per heavy atom. The van der Waals surface area contributed by atoms with Gasteiger partial charge in [0, 0.05) is 24.8 Å². The van der Waals surface area contributed by atoms with Crippen molar-refractivity contribution in [2.45, 2.75) is 82.8 Å². The Morgan fingerprint density at radius 3 is 2.49 bits per heavy atom. The summed E-state index contributed by atoms with van der Waals surface area (Å²) < 4.78 is 41.0. The molecule has 1 unspecified atom stereocenters. The Morgan fingerprint density at radius 2 is 1.83 bits per heavy atom. The van der Waals surface area contributed by atoms with E-state index < -0.39 is 10.0 Å². The van der Waals surface area contributed by atoms with Crippen LogP contribution < -0.4 is 9.04 Å². The van der Waals surface area contributed by atoms with E-state index in [1.807, 2.05) is 19.1 Å². The Hall–Kier alpha value is -2.09. The number of hydrogen-bond acceptors (Lipinski definition) is 5. The molecule has 1 N–H and O–H groups in total. The highest BCUT2D eigenvalue weighted by atomic mass is 32.2. The van der Waals surface area contributed by atoms with Gasteiger partial charge in [0.2, 0.25) is 0 Å². The predicted octanol–water partition coefficient (Wildman–Crippen LogP) is 5.20. The molecular weight excluding hydrogens is 462 g/mol. The standard InChI is InChI=1S/C28H39NO5S/c1-5-24-8-6-21-16-23(28(2,3)4)7-10-26(21)29(24)35(31,32)25-9-11-27(22(17-25)18-30)34-19-20-12-14-33-15-13-20/h7,9-11,16-17,20,24,30H,5-6,8,12-15,18-19H2,1-4H3. The van der Waals surface area contributed by atoms with Crippen LogP contribution in [0.4, 0.5) is 5.69 Å². The van der Waals surface area contributed by atoms with Crippen LogP contribution in [0, 0.1) is 5.92 Å². The second kappa shape index (κ2) is 10.5. The molecule has 1 fully saturated rings. The lowest BCUT2D eigenvalue weighted by molar-refractivity contribution is 0.0494. The molecule has 1 atom stereocenters. The smallest absolute Gasteiger partial charge is 0.264 e. The van der Waals surface area contributed by atoms with Crippen LogP contribution in [0.15, 0.2) is 41.3 Å². The van der Waals surface area contributed by atoms with Crippen LogP contribution in [0.3, 0.4) is 0 Å². The van der Waals surface area contributed by atoms with Crippen molar-refractivity contribution in [1.82, 2.24) is 0 Å². The maximum Gasteiger partial charge on any atom is 0.264 e. The number of aryl methyl sites for hydroxylation is 1. The Kier molecular flexibility index (Phi) is 7.79. The third kappa shape index (κ3) is 5.52. The number of ether oxygens (including phenoxy) is 2. The number of benzene rings is 2. The van der Waals surface area contributed by atoms with Crippen molar-refractivity contribution in [2.75, 3.05) is 24.1 Å². The molecule has 2 aliphatic heterocycles. The minimum absolute atomic E-state index is 0.00313. The molecule has 0 spiro atoms. The van der Waals surface area contributed by atoms with Crippen LogP contribution >= 0.6 is 0 Å². The van der Waals surface area contributed by atoms with Gasteiger partial charge in [-0.05, 0) is 78.8 Å².